The van der Waals surface area contributed by atoms with Crippen molar-refractivity contribution < 1.29 is 23.9 Å². The molecule has 5 amide bonds. The van der Waals surface area contributed by atoms with Crippen molar-refractivity contribution in [2.24, 2.45) is 0 Å². The van der Waals surface area contributed by atoms with Gasteiger partial charge in [-0.05, 0) is 60.4 Å². The molecule has 4 aliphatic heterocycles. The molecule has 0 aliphatic carbocycles. The van der Waals surface area contributed by atoms with Gasteiger partial charge >= 0.3 is 6.03 Å². The topological polar surface area (TPSA) is 103 Å². The summed E-state index contributed by atoms with van der Waals surface area (Å²) in [4.78, 5) is 54.7. The third kappa shape index (κ3) is 5.72. The monoisotopic (exact) mass is 591 g/mol. The summed E-state index contributed by atoms with van der Waals surface area (Å²) >= 11 is 6.15. The number of halogens is 1. The van der Waals surface area contributed by atoms with E-state index in [0.717, 1.165) is 59.7 Å². The van der Waals surface area contributed by atoms with Gasteiger partial charge in [-0.1, -0.05) is 29.8 Å². The van der Waals surface area contributed by atoms with Crippen LogP contribution in [0.15, 0.2) is 48.0 Å². The van der Waals surface area contributed by atoms with Gasteiger partial charge in [0.25, 0.3) is 11.8 Å². The summed E-state index contributed by atoms with van der Waals surface area (Å²) in [7, 11) is 0. The molecule has 6 rings (SSSR count). The number of urea groups is 1. The van der Waals surface area contributed by atoms with Crippen LogP contribution < -0.4 is 5.32 Å². The average molecular weight is 592 g/mol. The first-order valence-corrected chi connectivity index (χ1v) is 14.6. The quantitative estimate of drug-likeness (QED) is 0.513. The van der Waals surface area contributed by atoms with E-state index in [9.17, 15) is 19.2 Å². The minimum absolute atomic E-state index is 0.0186. The zero-order valence-electron chi connectivity index (χ0n) is 23.8. The highest BCUT2D eigenvalue weighted by molar-refractivity contribution is 6.30. The third-order valence-electron chi connectivity index (χ3n) is 8.35. The predicted molar refractivity (Wildman–Crippen MR) is 157 cm³/mol. The highest BCUT2D eigenvalue weighted by atomic mass is 35.5. The molecule has 4 heterocycles. The van der Waals surface area contributed by atoms with Crippen molar-refractivity contribution in [3.63, 3.8) is 0 Å². The van der Waals surface area contributed by atoms with Crippen molar-refractivity contribution in [2.75, 3.05) is 45.9 Å². The Morgan fingerprint density at radius 3 is 2.21 bits per heavy atom. The number of nitrogens with one attached hydrogen (secondary N) is 1. The first-order valence-electron chi connectivity index (χ1n) is 14.3. The molecule has 2 fully saturated rings. The summed E-state index contributed by atoms with van der Waals surface area (Å²) in [5, 5.41) is 4.75. The number of nitrogens with zero attached hydrogens (tertiary/aromatic N) is 4. The van der Waals surface area contributed by atoms with Crippen molar-refractivity contribution in [3.05, 3.63) is 75.3 Å². The van der Waals surface area contributed by atoms with Gasteiger partial charge in [-0.3, -0.25) is 29.5 Å². The van der Waals surface area contributed by atoms with Gasteiger partial charge in [-0.25, -0.2) is 9.80 Å². The van der Waals surface area contributed by atoms with Crippen LogP contribution in [0.25, 0.3) is 5.57 Å². The number of piperazine rings is 1. The van der Waals surface area contributed by atoms with E-state index < -0.39 is 23.8 Å². The summed E-state index contributed by atoms with van der Waals surface area (Å²) in [6.07, 6.45) is 0.878. The number of fused-ring (bicyclic) bond motifs is 1. The van der Waals surface area contributed by atoms with E-state index in [-0.39, 0.29) is 29.7 Å². The number of amides is 5. The van der Waals surface area contributed by atoms with Crippen LogP contribution in [0, 0.1) is 0 Å². The Bertz CT molecular complexity index is 1480. The maximum Gasteiger partial charge on any atom is 0.343 e. The van der Waals surface area contributed by atoms with E-state index in [1.807, 2.05) is 18.2 Å². The Hall–Kier alpha value is -3.57. The second-order valence-corrected chi connectivity index (χ2v) is 12.3. The summed E-state index contributed by atoms with van der Waals surface area (Å²) in [5.74, 6) is -1.53. The van der Waals surface area contributed by atoms with Crippen LogP contribution in [-0.2, 0) is 16.1 Å². The Kier molecular flexibility index (Phi) is 7.65. The fourth-order valence-electron chi connectivity index (χ4n) is 6.04. The molecule has 11 heteroatoms. The molecule has 2 aromatic rings. The second kappa shape index (κ2) is 11.3. The average Bonchev–Trinajstić information content (AvgIpc) is 3.20. The van der Waals surface area contributed by atoms with Crippen LogP contribution >= 0.6 is 11.6 Å². The standard InChI is InChI=1S/C31H34ClN5O5/c1-31(2)16-26(21-4-6-23(32)7-5-21)22(19-42-31)18-35-13-11-34(12-14-35)17-20-3-8-24-25(15-20)29(40)37(28(24)39)36-10-9-27(38)33-30(36)41/h3-8,15H,9-14,16-19H2,1-2H3,(H,33,38,41). The number of benzene rings is 2. The number of carbonyl (C=O) groups excluding carboxylic acids is 4. The molecule has 1 N–H and O–H groups in total. The van der Waals surface area contributed by atoms with E-state index in [4.69, 9.17) is 16.3 Å². The molecule has 0 unspecified atom stereocenters. The van der Waals surface area contributed by atoms with Gasteiger partial charge in [-0.2, -0.15) is 5.01 Å². The van der Waals surface area contributed by atoms with Crippen LogP contribution in [-0.4, -0.2) is 95.0 Å². The van der Waals surface area contributed by atoms with Crippen LogP contribution in [0.4, 0.5) is 4.79 Å². The second-order valence-electron chi connectivity index (χ2n) is 11.9. The molecule has 0 saturated carbocycles. The molecule has 220 valence electrons. The molecule has 10 nitrogen and oxygen atoms in total. The molecule has 42 heavy (non-hydrogen) atoms. The summed E-state index contributed by atoms with van der Waals surface area (Å²) < 4.78 is 6.19. The number of carbonyl (C=O) groups is 4. The van der Waals surface area contributed by atoms with E-state index >= 15 is 0 Å². The first kappa shape index (κ1) is 28.5. The maximum atomic E-state index is 13.2. The van der Waals surface area contributed by atoms with Crippen LogP contribution in [0.5, 0.6) is 0 Å². The van der Waals surface area contributed by atoms with Crippen molar-refractivity contribution in [1.82, 2.24) is 25.1 Å². The minimum Gasteiger partial charge on any atom is -0.371 e. The Balaban J connectivity index is 1.09. The van der Waals surface area contributed by atoms with Gasteiger partial charge in [0.1, 0.15) is 0 Å². The highest BCUT2D eigenvalue weighted by Crippen LogP contribution is 2.36. The number of hydrogen-bond donors (Lipinski definition) is 1. The lowest BCUT2D eigenvalue weighted by Gasteiger charge is -2.38. The number of imide groups is 2. The largest absolute Gasteiger partial charge is 0.371 e. The van der Waals surface area contributed by atoms with Gasteiger partial charge in [0.05, 0.1) is 29.9 Å². The van der Waals surface area contributed by atoms with Crippen molar-refractivity contribution in [2.45, 2.75) is 38.8 Å². The molecule has 0 bridgehead atoms. The number of ether oxygens (including phenoxy) is 1. The Labute approximate surface area is 249 Å². The molecule has 2 saturated heterocycles. The SMILES string of the molecule is CC1(C)CC(c2ccc(Cl)cc2)=C(CN2CCN(Cc3ccc4c(c3)C(=O)N(N3CCC(=O)NC3=O)C4=O)CC2)CO1. The van der Waals surface area contributed by atoms with Gasteiger partial charge in [0, 0.05) is 57.1 Å². The molecule has 2 aromatic carbocycles. The molecular weight excluding hydrogens is 558 g/mol. The smallest absolute Gasteiger partial charge is 0.343 e. The first-order chi connectivity index (χ1) is 20.1. The van der Waals surface area contributed by atoms with Gasteiger partial charge in [0.15, 0.2) is 0 Å². The third-order valence-corrected chi connectivity index (χ3v) is 8.60. The van der Waals surface area contributed by atoms with Gasteiger partial charge < -0.3 is 4.74 Å². The maximum absolute atomic E-state index is 13.2. The number of hydrazine groups is 1. The van der Waals surface area contributed by atoms with Crippen LogP contribution in [0.2, 0.25) is 5.02 Å². The number of rotatable bonds is 6. The summed E-state index contributed by atoms with van der Waals surface area (Å²) in [5.41, 5.74) is 5.10. The van der Waals surface area contributed by atoms with E-state index in [0.29, 0.717) is 13.2 Å². The van der Waals surface area contributed by atoms with Gasteiger partial charge in [0.2, 0.25) is 5.91 Å². The molecule has 0 atom stereocenters. The van der Waals surface area contributed by atoms with Crippen LogP contribution in [0.1, 0.15) is 58.5 Å². The summed E-state index contributed by atoms with van der Waals surface area (Å²) in [6, 6.07) is 12.6. The van der Waals surface area contributed by atoms with Crippen molar-refractivity contribution in [1.29, 1.82) is 0 Å². The zero-order valence-corrected chi connectivity index (χ0v) is 24.6. The minimum atomic E-state index is -0.765. The molecular formula is C31H34ClN5O5. The Morgan fingerprint density at radius 1 is 0.857 bits per heavy atom. The summed E-state index contributed by atoms with van der Waals surface area (Å²) in [6.45, 7) is 9.90. The zero-order chi connectivity index (χ0) is 29.6. The van der Waals surface area contributed by atoms with Crippen molar-refractivity contribution >= 4 is 40.9 Å². The molecule has 4 aliphatic rings. The predicted octanol–water partition coefficient (Wildman–Crippen LogP) is 3.56. The van der Waals surface area contributed by atoms with E-state index in [2.05, 4.69) is 41.1 Å². The normalized spacial score (nSPS) is 21.7. The van der Waals surface area contributed by atoms with E-state index in [1.54, 1.807) is 12.1 Å². The van der Waals surface area contributed by atoms with E-state index in [1.165, 1.54) is 16.7 Å². The lowest BCUT2D eigenvalue weighted by molar-refractivity contribution is -0.122. The van der Waals surface area contributed by atoms with Crippen molar-refractivity contribution in [3.8, 4) is 0 Å². The number of hydrogen-bond acceptors (Lipinski definition) is 7. The molecule has 0 aromatic heterocycles. The lowest BCUT2D eigenvalue weighted by Crippen LogP contribution is -2.58. The molecule has 0 radical (unpaired) electrons. The van der Waals surface area contributed by atoms with Crippen LogP contribution in [0.3, 0.4) is 0 Å². The fraction of sp³-hybridized carbons (Fsp3) is 0.419. The highest BCUT2D eigenvalue weighted by Gasteiger charge is 2.43. The Morgan fingerprint density at radius 2 is 1.52 bits per heavy atom. The van der Waals surface area contributed by atoms with Gasteiger partial charge in [-0.15, -0.1) is 0 Å². The fourth-order valence-corrected chi connectivity index (χ4v) is 6.17. The lowest BCUT2D eigenvalue weighted by atomic mass is 9.87. The molecule has 0 spiro atoms.